The van der Waals surface area contributed by atoms with E-state index >= 15 is 0 Å². The maximum absolute atomic E-state index is 12.2. The first-order chi connectivity index (χ1) is 11.3. The van der Waals surface area contributed by atoms with E-state index in [0.29, 0.717) is 13.2 Å². The lowest BCUT2D eigenvalue weighted by atomic mass is 9.94. The normalized spacial score (nSPS) is 20.7. The molecule has 3 heteroatoms. The lowest BCUT2D eigenvalue weighted by molar-refractivity contribution is -0.149. The van der Waals surface area contributed by atoms with Crippen molar-refractivity contribution in [2.24, 2.45) is 5.92 Å². The minimum Gasteiger partial charge on any atom is -0.465 e. The van der Waals surface area contributed by atoms with E-state index < -0.39 is 0 Å². The second-order valence-corrected chi connectivity index (χ2v) is 7.12. The van der Waals surface area contributed by atoms with Crippen molar-refractivity contribution in [1.29, 1.82) is 0 Å². The van der Waals surface area contributed by atoms with Crippen molar-refractivity contribution in [3.8, 4) is 0 Å². The molecule has 0 aromatic heterocycles. The smallest absolute Gasteiger partial charge is 0.308 e. The largest absolute Gasteiger partial charge is 0.465 e. The van der Waals surface area contributed by atoms with E-state index in [1.807, 2.05) is 0 Å². The Balaban J connectivity index is 2.08. The summed E-state index contributed by atoms with van der Waals surface area (Å²) in [7, 11) is 0. The number of esters is 1. The molecule has 0 saturated carbocycles. The summed E-state index contributed by atoms with van der Waals surface area (Å²) in [6, 6.07) is 0. The van der Waals surface area contributed by atoms with E-state index in [2.05, 4.69) is 0 Å². The zero-order valence-electron chi connectivity index (χ0n) is 15.1. The molecular formula is C20H38O3. The zero-order valence-corrected chi connectivity index (χ0v) is 15.1. The van der Waals surface area contributed by atoms with Gasteiger partial charge in [-0.2, -0.15) is 0 Å². The average Bonchev–Trinajstić information content (AvgIpc) is 2.60. The Bertz CT molecular complexity index is 278. The Hall–Kier alpha value is -0.570. The fraction of sp³-hybridized carbons (Fsp3) is 0.950. The third-order valence-electron chi connectivity index (χ3n) is 4.99. The predicted molar refractivity (Wildman–Crippen MR) is 95.4 cm³/mol. The first-order valence-corrected chi connectivity index (χ1v) is 10.1. The van der Waals surface area contributed by atoms with Gasteiger partial charge in [-0.1, -0.05) is 77.0 Å². The maximum Gasteiger partial charge on any atom is 0.308 e. The summed E-state index contributed by atoms with van der Waals surface area (Å²) in [5, 5.41) is 8.73. The molecule has 0 aromatic carbocycles. The SMILES string of the molecule is O=C1OCCCCCCCCC1CCCCCCCCCCO. The van der Waals surface area contributed by atoms with Crippen molar-refractivity contribution >= 4 is 5.97 Å². The van der Waals surface area contributed by atoms with E-state index in [9.17, 15) is 4.79 Å². The van der Waals surface area contributed by atoms with Gasteiger partial charge >= 0.3 is 5.97 Å². The molecule has 3 nitrogen and oxygen atoms in total. The fourth-order valence-electron chi connectivity index (χ4n) is 3.43. The number of cyclic esters (lactones) is 1. The van der Waals surface area contributed by atoms with Crippen LogP contribution in [0.15, 0.2) is 0 Å². The Kier molecular flexibility index (Phi) is 13.3. The minimum atomic E-state index is 0.0657. The Morgan fingerprint density at radius 3 is 2.04 bits per heavy atom. The van der Waals surface area contributed by atoms with Crippen LogP contribution in [-0.4, -0.2) is 24.3 Å². The molecule has 0 spiro atoms. The van der Waals surface area contributed by atoms with Crippen LogP contribution in [0.2, 0.25) is 0 Å². The molecule has 1 heterocycles. The van der Waals surface area contributed by atoms with Gasteiger partial charge in [0.25, 0.3) is 0 Å². The van der Waals surface area contributed by atoms with Gasteiger partial charge in [-0.3, -0.25) is 4.79 Å². The third-order valence-corrected chi connectivity index (χ3v) is 4.99. The van der Waals surface area contributed by atoms with Gasteiger partial charge in [0, 0.05) is 6.61 Å². The summed E-state index contributed by atoms with van der Waals surface area (Å²) in [6.07, 6.45) is 19.0. The highest BCUT2D eigenvalue weighted by molar-refractivity contribution is 5.72. The van der Waals surface area contributed by atoms with Crippen molar-refractivity contribution in [3.05, 3.63) is 0 Å². The summed E-state index contributed by atoms with van der Waals surface area (Å²) < 4.78 is 5.46. The second kappa shape index (κ2) is 15.0. The quantitative estimate of drug-likeness (QED) is 0.432. The van der Waals surface area contributed by atoms with Crippen LogP contribution < -0.4 is 0 Å². The van der Waals surface area contributed by atoms with Crippen LogP contribution in [-0.2, 0) is 9.53 Å². The van der Waals surface area contributed by atoms with Crippen molar-refractivity contribution in [1.82, 2.24) is 0 Å². The minimum absolute atomic E-state index is 0.0657. The lowest BCUT2D eigenvalue weighted by Crippen LogP contribution is -2.18. The zero-order chi connectivity index (χ0) is 16.6. The van der Waals surface area contributed by atoms with Crippen LogP contribution in [0.3, 0.4) is 0 Å². The molecule has 1 N–H and O–H groups in total. The number of hydrogen-bond donors (Lipinski definition) is 1. The Labute approximate surface area is 143 Å². The van der Waals surface area contributed by atoms with E-state index in [1.54, 1.807) is 0 Å². The topological polar surface area (TPSA) is 46.5 Å². The number of unbranched alkanes of at least 4 members (excludes halogenated alkanes) is 7. The summed E-state index contributed by atoms with van der Waals surface area (Å²) in [6.45, 7) is 0.959. The second-order valence-electron chi connectivity index (χ2n) is 7.12. The van der Waals surface area contributed by atoms with E-state index in [4.69, 9.17) is 9.84 Å². The molecule has 1 rings (SSSR count). The molecule has 136 valence electrons. The van der Waals surface area contributed by atoms with Crippen LogP contribution in [0.5, 0.6) is 0 Å². The van der Waals surface area contributed by atoms with Crippen molar-refractivity contribution in [2.45, 2.75) is 103 Å². The molecule has 1 saturated heterocycles. The Morgan fingerprint density at radius 1 is 0.783 bits per heavy atom. The number of hydrogen-bond acceptors (Lipinski definition) is 3. The van der Waals surface area contributed by atoms with Crippen molar-refractivity contribution in [3.63, 3.8) is 0 Å². The molecule has 1 aliphatic heterocycles. The van der Waals surface area contributed by atoms with Gasteiger partial charge in [0.2, 0.25) is 0 Å². The van der Waals surface area contributed by atoms with Gasteiger partial charge in [-0.15, -0.1) is 0 Å². The summed E-state index contributed by atoms with van der Waals surface area (Å²) in [5.74, 6) is 0.216. The molecular weight excluding hydrogens is 288 g/mol. The number of rotatable bonds is 10. The molecule has 1 fully saturated rings. The van der Waals surface area contributed by atoms with Crippen molar-refractivity contribution < 1.29 is 14.6 Å². The molecule has 0 aromatic rings. The summed E-state index contributed by atoms with van der Waals surface area (Å²) in [5.41, 5.74) is 0. The van der Waals surface area contributed by atoms with Crippen molar-refractivity contribution in [2.75, 3.05) is 13.2 Å². The number of aliphatic hydroxyl groups is 1. The molecule has 0 bridgehead atoms. The third kappa shape index (κ3) is 11.6. The predicted octanol–water partition coefficient (Wildman–Crippen LogP) is 5.39. The number of carbonyl (C=O) groups excluding carboxylic acids is 1. The van der Waals surface area contributed by atoms with Crippen LogP contribution >= 0.6 is 0 Å². The van der Waals surface area contributed by atoms with Crippen LogP contribution in [0.4, 0.5) is 0 Å². The molecule has 1 aliphatic rings. The first-order valence-electron chi connectivity index (χ1n) is 10.1. The molecule has 0 aliphatic carbocycles. The van der Waals surface area contributed by atoms with Crippen LogP contribution in [0.25, 0.3) is 0 Å². The fourth-order valence-corrected chi connectivity index (χ4v) is 3.43. The highest BCUT2D eigenvalue weighted by atomic mass is 16.5. The summed E-state index contributed by atoms with van der Waals surface area (Å²) >= 11 is 0. The van der Waals surface area contributed by atoms with Gasteiger partial charge in [0.1, 0.15) is 0 Å². The van der Waals surface area contributed by atoms with Gasteiger partial charge < -0.3 is 9.84 Å². The standard InChI is InChI=1S/C20H38O3/c21-17-13-9-5-2-1-3-7-11-15-19-16-12-8-4-6-10-14-18-23-20(19)22/h19,21H,1-18H2. The van der Waals surface area contributed by atoms with Gasteiger partial charge in [0.05, 0.1) is 12.5 Å². The molecule has 1 atom stereocenters. The average molecular weight is 327 g/mol. The van der Waals surface area contributed by atoms with Gasteiger partial charge in [-0.25, -0.2) is 0 Å². The molecule has 1 unspecified atom stereocenters. The number of carbonyl (C=O) groups is 1. The lowest BCUT2D eigenvalue weighted by Gasteiger charge is -2.15. The number of ether oxygens (including phenoxy) is 1. The summed E-state index contributed by atoms with van der Waals surface area (Å²) in [4.78, 5) is 12.2. The van der Waals surface area contributed by atoms with Gasteiger partial charge in [-0.05, 0) is 25.7 Å². The van der Waals surface area contributed by atoms with E-state index in [-0.39, 0.29) is 11.9 Å². The molecule has 23 heavy (non-hydrogen) atoms. The highest BCUT2D eigenvalue weighted by Gasteiger charge is 2.19. The Morgan fingerprint density at radius 2 is 1.35 bits per heavy atom. The van der Waals surface area contributed by atoms with Crippen LogP contribution in [0, 0.1) is 5.92 Å². The highest BCUT2D eigenvalue weighted by Crippen LogP contribution is 2.21. The first kappa shape index (κ1) is 20.5. The van der Waals surface area contributed by atoms with Gasteiger partial charge in [0.15, 0.2) is 0 Å². The maximum atomic E-state index is 12.2. The molecule has 0 radical (unpaired) electrons. The van der Waals surface area contributed by atoms with Crippen LogP contribution in [0.1, 0.15) is 103 Å². The number of aliphatic hydroxyl groups excluding tert-OH is 1. The van der Waals surface area contributed by atoms with E-state index in [1.165, 1.54) is 64.2 Å². The van der Waals surface area contributed by atoms with E-state index in [0.717, 1.165) is 38.5 Å². The molecule has 0 amide bonds. The monoisotopic (exact) mass is 326 g/mol.